The number of carboxylic acids is 1. The van der Waals surface area contributed by atoms with E-state index in [0.717, 1.165) is 12.5 Å². The number of carbonyl (C=O) groups is 1. The highest BCUT2D eigenvalue weighted by Gasteiger charge is 2.18. The lowest BCUT2D eigenvalue weighted by atomic mass is 10.1. The normalized spacial score (nSPS) is 11.9. The fourth-order valence-corrected chi connectivity index (χ4v) is 1.27. The Kier molecular flexibility index (Phi) is 4.65. The third-order valence-corrected chi connectivity index (χ3v) is 2.62. The van der Waals surface area contributed by atoms with Gasteiger partial charge >= 0.3 is 11.7 Å². The number of hydrogen-bond acceptors (Lipinski definition) is 4. The van der Waals surface area contributed by atoms with Crippen molar-refractivity contribution in [1.82, 2.24) is 0 Å². The molecule has 0 saturated carbocycles. The highest BCUT2D eigenvalue weighted by Crippen LogP contribution is 2.28. The molecule has 1 aromatic rings. The maximum absolute atomic E-state index is 10.8. The molecule has 1 unspecified atom stereocenters. The summed E-state index contributed by atoms with van der Waals surface area (Å²) in [5, 5.41) is 19.6. The van der Waals surface area contributed by atoms with E-state index < -0.39 is 10.9 Å². The highest BCUT2D eigenvalue weighted by molar-refractivity contribution is 5.88. The van der Waals surface area contributed by atoms with Gasteiger partial charge in [-0.15, -0.1) is 0 Å². The van der Waals surface area contributed by atoms with Gasteiger partial charge in [0, 0.05) is 6.07 Å². The van der Waals surface area contributed by atoms with Crippen LogP contribution in [0, 0.1) is 16.0 Å². The first-order valence-corrected chi connectivity index (χ1v) is 5.60. The van der Waals surface area contributed by atoms with Crippen molar-refractivity contribution in [2.45, 2.75) is 20.3 Å². The predicted molar refractivity (Wildman–Crippen MR) is 65.0 cm³/mol. The molecule has 0 aliphatic carbocycles. The number of nitro groups is 1. The molecule has 0 saturated heterocycles. The van der Waals surface area contributed by atoms with Crippen LogP contribution in [0.2, 0.25) is 0 Å². The van der Waals surface area contributed by atoms with Gasteiger partial charge in [-0.1, -0.05) is 20.3 Å². The van der Waals surface area contributed by atoms with Gasteiger partial charge in [-0.05, 0) is 18.1 Å². The summed E-state index contributed by atoms with van der Waals surface area (Å²) in [6.07, 6.45) is 0.904. The van der Waals surface area contributed by atoms with E-state index in [9.17, 15) is 14.9 Å². The molecule has 0 spiro atoms. The molecule has 18 heavy (non-hydrogen) atoms. The van der Waals surface area contributed by atoms with Crippen LogP contribution in [0.15, 0.2) is 18.2 Å². The minimum absolute atomic E-state index is 0.102. The minimum atomic E-state index is -1.20. The van der Waals surface area contributed by atoms with Crippen LogP contribution >= 0.6 is 0 Å². The maximum atomic E-state index is 10.8. The number of rotatable bonds is 6. The average Bonchev–Trinajstić information content (AvgIpc) is 2.35. The molecular formula is C12H15NO5. The van der Waals surface area contributed by atoms with Crippen LogP contribution in [-0.4, -0.2) is 22.6 Å². The van der Waals surface area contributed by atoms with Crippen LogP contribution < -0.4 is 4.74 Å². The quantitative estimate of drug-likeness (QED) is 0.621. The standard InChI is InChI=1S/C12H15NO5/c1-3-8(2)7-18-11-5-4-9(12(14)15)6-10(11)13(16)17/h4-6,8H,3,7H2,1-2H3,(H,14,15). The molecule has 0 aromatic heterocycles. The van der Waals surface area contributed by atoms with Crippen molar-refractivity contribution in [3.05, 3.63) is 33.9 Å². The van der Waals surface area contributed by atoms with Crippen molar-refractivity contribution >= 4 is 11.7 Å². The fraction of sp³-hybridized carbons (Fsp3) is 0.417. The van der Waals surface area contributed by atoms with Gasteiger partial charge in [-0.2, -0.15) is 0 Å². The Balaban J connectivity index is 2.97. The van der Waals surface area contributed by atoms with Gasteiger partial charge in [0.05, 0.1) is 17.1 Å². The molecule has 6 nitrogen and oxygen atoms in total. The summed E-state index contributed by atoms with van der Waals surface area (Å²) in [7, 11) is 0. The Hall–Kier alpha value is -2.11. The smallest absolute Gasteiger partial charge is 0.335 e. The van der Waals surface area contributed by atoms with E-state index >= 15 is 0 Å². The molecule has 0 aliphatic heterocycles. The first-order valence-electron chi connectivity index (χ1n) is 5.60. The third-order valence-electron chi connectivity index (χ3n) is 2.62. The van der Waals surface area contributed by atoms with Crippen LogP contribution in [0.5, 0.6) is 5.75 Å². The molecule has 0 radical (unpaired) electrons. The van der Waals surface area contributed by atoms with Gasteiger partial charge in [0.1, 0.15) is 0 Å². The lowest BCUT2D eigenvalue weighted by molar-refractivity contribution is -0.385. The van der Waals surface area contributed by atoms with Crippen LogP contribution in [0.3, 0.4) is 0 Å². The number of carboxylic acid groups (broad SMARTS) is 1. The van der Waals surface area contributed by atoms with Gasteiger partial charge in [-0.3, -0.25) is 10.1 Å². The third kappa shape index (κ3) is 3.44. The molecule has 6 heteroatoms. The van der Waals surface area contributed by atoms with E-state index in [4.69, 9.17) is 9.84 Å². The number of nitro benzene ring substituents is 1. The summed E-state index contributed by atoms with van der Waals surface area (Å²) in [5.41, 5.74) is -0.448. The second-order valence-electron chi connectivity index (χ2n) is 4.07. The lowest BCUT2D eigenvalue weighted by Gasteiger charge is -2.11. The van der Waals surface area contributed by atoms with Crippen molar-refractivity contribution in [2.75, 3.05) is 6.61 Å². The molecule has 1 N–H and O–H groups in total. The Morgan fingerprint density at radius 3 is 2.72 bits per heavy atom. The van der Waals surface area contributed by atoms with Gasteiger partial charge in [0.25, 0.3) is 0 Å². The summed E-state index contributed by atoms with van der Waals surface area (Å²) >= 11 is 0. The van der Waals surface area contributed by atoms with Crippen molar-refractivity contribution < 1.29 is 19.6 Å². The zero-order valence-electron chi connectivity index (χ0n) is 10.3. The monoisotopic (exact) mass is 253 g/mol. The lowest BCUT2D eigenvalue weighted by Crippen LogP contribution is -2.09. The maximum Gasteiger partial charge on any atom is 0.335 e. The Bertz CT molecular complexity index is 458. The number of ether oxygens (including phenoxy) is 1. The predicted octanol–water partition coefficient (Wildman–Crippen LogP) is 2.72. The molecule has 1 rings (SSSR count). The molecule has 0 heterocycles. The van der Waals surface area contributed by atoms with Crippen LogP contribution in [0.1, 0.15) is 30.6 Å². The van der Waals surface area contributed by atoms with Crippen LogP contribution in [0.25, 0.3) is 0 Å². The molecule has 0 aliphatic rings. The first kappa shape index (κ1) is 14.0. The SMILES string of the molecule is CCC(C)COc1ccc(C(=O)O)cc1[N+](=O)[O-]. The van der Waals surface area contributed by atoms with Crippen molar-refractivity contribution in [3.63, 3.8) is 0 Å². The summed E-state index contributed by atoms with van der Waals surface area (Å²) in [4.78, 5) is 20.9. The number of benzene rings is 1. The van der Waals surface area contributed by atoms with Crippen molar-refractivity contribution in [2.24, 2.45) is 5.92 Å². The van der Waals surface area contributed by atoms with E-state index in [1.165, 1.54) is 12.1 Å². The zero-order chi connectivity index (χ0) is 13.7. The van der Waals surface area contributed by atoms with E-state index in [1.54, 1.807) is 0 Å². The van der Waals surface area contributed by atoms with Crippen molar-refractivity contribution in [3.8, 4) is 5.75 Å². The number of aromatic carboxylic acids is 1. The van der Waals surface area contributed by atoms with Crippen LogP contribution in [0.4, 0.5) is 5.69 Å². The Morgan fingerprint density at radius 1 is 1.56 bits per heavy atom. The fourth-order valence-electron chi connectivity index (χ4n) is 1.27. The number of hydrogen-bond donors (Lipinski definition) is 1. The molecule has 1 atom stereocenters. The summed E-state index contributed by atoms with van der Waals surface area (Å²) < 4.78 is 5.35. The first-order chi connectivity index (χ1) is 8.45. The zero-order valence-corrected chi connectivity index (χ0v) is 10.3. The molecule has 98 valence electrons. The number of nitrogens with zero attached hydrogens (tertiary/aromatic N) is 1. The topological polar surface area (TPSA) is 89.7 Å². The Labute approximate surface area is 104 Å². The summed E-state index contributed by atoms with van der Waals surface area (Å²) in [6.45, 7) is 4.33. The second kappa shape index (κ2) is 6.00. The van der Waals surface area contributed by atoms with E-state index in [1.807, 2.05) is 13.8 Å². The van der Waals surface area contributed by atoms with E-state index in [-0.39, 0.29) is 22.9 Å². The molecular weight excluding hydrogens is 238 g/mol. The molecule has 0 fully saturated rings. The van der Waals surface area contributed by atoms with Gasteiger partial charge in [-0.25, -0.2) is 4.79 Å². The largest absolute Gasteiger partial charge is 0.487 e. The summed E-state index contributed by atoms with van der Waals surface area (Å²) in [5.74, 6) is -0.819. The second-order valence-corrected chi connectivity index (χ2v) is 4.07. The van der Waals surface area contributed by atoms with E-state index in [2.05, 4.69) is 0 Å². The molecule has 0 bridgehead atoms. The highest BCUT2D eigenvalue weighted by atomic mass is 16.6. The van der Waals surface area contributed by atoms with Gasteiger partial charge < -0.3 is 9.84 Å². The minimum Gasteiger partial charge on any atom is -0.487 e. The van der Waals surface area contributed by atoms with Crippen molar-refractivity contribution in [1.29, 1.82) is 0 Å². The van der Waals surface area contributed by atoms with Gasteiger partial charge in [0.15, 0.2) is 5.75 Å². The van der Waals surface area contributed by atoms with E-state index in [0.29, 0.717) is 6.61 Å². The summed E-state index contributed by atoms with van der Waals surface area (Å²) in [6, 6.07) is 3.62. The molecule has 0 amide bonds. The average molecular weight is 253 g/mol. The van der Waals surface area contributed by atoms with Gasteiger partial charge in [0.2, 0.25) is 0 Å². The van der Waals surface area contributed by atoms with Crippen LogP contribution in [-0.2, 0) is 0 Å². The molecule has 1 aromatic carbocycles. The Morgan fingerprint density at radius 2 is 2.22 bits per heavy atom.